The van der Waals surface area contributed by atoms with Crippen LogP contribution in [0.3, 0.4) is 0 Å². The van der Waals surface area contributed by atoms with E-state index in [1.807, 2.05) is 0 Å². The van der Waals surface area contributed by atoms with E-state index >= 15 is 0 Å². The van der Waals surface area contributed by atoms with E-state index in [2.05, 4.69) is 11.9 Å². The molecule has 0 radical (unpaired) electrons. The molecule has 1 aromatic heterocycles. The molecule has 1 aromatic carbocycles. The second-order valence-corrected chi connectivity index (χ2v) is 7.35. The SMILES string of the molecule is CCCCOc1ccc(/C(O)=C2\C(=O)C(=O)N(CCCOC)[C@@H]2c2cccnc2)cc1. The summed E-state index contributed by atoms with van der Waals surface area (Å²) in [6, 6.07) is 9.71. The first kappa shape index (κ1) is 22.5. The number of aromatic nitrogens is 1. The lowest BCUT2D eigenvalue weighted by molar-refractivity contribution is -0.140. The van der Waals surface area contributed by atoms with Crippen LogP contribution in [-0.2, 0) is 14.3 Å². The second kappa shape index (κ2) is 10.7. The average molecular weight is 424 g/mol. The van der Waals surface area contributed by atoms with Crippen LogP contribution in [0.4, 0.5) is 0 Å². The van der Waals surface area contributed by atoms with Gasteiger partial charge in [-0.15, -0.1) is 0 Å². The van der Waals surface area contributed by atoms with Crippen LogP contribution in [0.25, 0.3) is 5.76 Å². The number of rotatable bonds is 10. The Morgan fingerprint density at radius 3 is 2.55 bits per heavy atom. The highest BCUT2D eigenvalue weighted by molar-refractivity contribution is 6.46. The molecule has 1 aliphatic rings. The van der Waals surface area contributed by atoms with Crippen molar-refractivity contribution in [1.82, 2.24) is 9.88 Å². The first-order valence-corrected chi connectivity index (χ1v) is 10.5. The van der Waals surface area contributed by atoms with Crippen LogP contribution in [0.1, 0.15) is 43.4 Å². The number of ketones is 1. The summed E-state index contributed by atoms with van der Waals surface area (Å²) in [7, 11) is 1.59. The first-order valence-electron chi connectivity index (χ1n) is 10.5. The Bertz CT molecular complexity index is 925. The van der Waals surface area contributed by atoms with E-state index < -0.39 is 17.7 Å². The quantitative estimate of drug-likeness (QED) is 0.271. The number of aliphatic hydroxyl groups is 1. The summed E-state index contributed by atoms with van der Waals surface area (Å²) < 4.78 is 10.7. The van der Waals surface area contributed by atoms with Gasteiger partial charge in [-0.1, -0.05) is 19.4 Å². The highest BCUT2D eigenvalue weighted by Gasteiger charge is 2.45. The minimum atomic E-state index is -0.703. The molecule has 0 bridgehead atoms. The second-order valence-electron chi connectivity index (χ2n) is 7.35. The fraction of sp³-hybridized carbons (Fsp3) is 0.375. The van der Waals surface area contributed by atoms with Gasteiger partial charge in [0.25, 0.3) is 11.7 Å². The fourth-order valence-electron chi connectivity index (χ4n) is 3.57. The maximum Gasteiger partial charge on any atom is 0.295 e. The van der Waals surface area contributed by atoms with Crippen molar-refractivity contribution in [1.29, 1.82) is 0 Å². The lowest BCUT2D eigenvalue weighted by Crippen LogP contribution is -2.31. The van der Waals surface area contributed by atoms with Crippen molar-refractivity contribution in [3.8, 4) is 5.75 Å². The summed E-state index contributed by atoms with van der Waals surface area (Å²) in [5.41, 5.74) is 1.18. The van der Waals surface area contributed by atoms with Crippen LogP contribution in [0.15, 0.2) is 54.4 Å². The van der Waals surface area contributed by atoms with Gasteiger partial charge in [0.2, 0.25) is 0 Å². The third kappa shape index (κ3) is 5.11. The molecule has 1 fully saturated rings. The average Bonchev–Trinajstić information content (AvgIpc) is 3.05. The van der Waals surface area contributed by atoms with E-state index in [-0.39, 0.29) is 11.3 Å². The van der Waals surface area contributed by atoms with Crippen molar-refractivity contribution in [2.75, 3.05) is 26.9 Å². The number of unbranched alkanes of at least 4 members (excludes halogenated alkanes) is 1. The normalized spacial score (nSPS) is 17.9. The molecule has 1 aliphatic heterocycles. The molecule has 1 amide bonds. The van der Waals surface area contributed by atoms with Crippen LogP contribution < -0.4 is 4.74 Å². The van der Waals surface area contributed by atoms with Gasteiger partial charge in [0.1, 0.15) is 11.5 Å². The van der Waals surface area contributed by atoms with Gasteiger partial charge >= 0.3 is 0 Å². The molecule has 31 heavy (non-hydrogen) atoms. The van der Waals surface area contributed by atoms with Crippen molar-refractivity contribution in [2.24, 2.45) is 0 Å². The standard InChI is InChI=1S/C24H28N2O5/c1-3-4-15-31-19-10-8-17(9-11-19)22(27)20-21(18-7-5-12-25-16-18)26(13-6-14-30-2)24(29)23(20)28/h5,7-12,16,21,27H,3-4,6,13-15H2,1-2H3/b22-20+/t21-/m1/s1. The lowest BCUT2D eigenvalue weighted by Gasteiger charge is -2.25. The Balaban J connectivity index is 1.96. The zero-order valence-electron chi connectivity index (χ0n) is 17.9. The molecule has 0 saturated carbocycles. The molecule has 1 N–H and O–H groups in total. The third-order valence-corrected chi connectivity index (χ3v) is 5.18. The third-order valence-electron chi connectivity index (χ3n) is 5.18. The highest BCUT2D eigenvalue weighted by atomic mass is 16.5. The highest BCUT2D eigenvalue weighted by Crippen LogP contribution is 2.39. The van der Waals surface area contributed by atoms with Crippen molar-refractivity contribution < 1.29 is 24.2 Å². The number of nitrogens with zero attached hydrogens (tertiary/aromatic N) is 2. The molecular formula is C24H28N2O5. The molecule has 164 valence electrons. The monoisotopic (exact) mass is 424 g/mol. The van der Waals surface area contributed by atoms with Crippen LogP contribution in [0.2, 0.25) is 0 Å². The molecule has 0 spiro atoms. The van der Waals surface area contributed by atoms with Crippen LogP contribution in [0, 0.1) is 0 Å². The van der Waals surface area contributed by atoms with Crippen LogP contribution in [0.5, 0.6) is 5.75 Å². The Hall–Kier alpha value is -3.19. The maximum atomic E-state index is 12.9. The maximum absolute atomic E-state index is 12.9. The minimum Gasteiger partial charge on any atom is -0.507 e. The number of aliphatic hydroxyl groups excluding tert-OH is 1. The summed E-state index contributed by atoms with van der Waals surface area (Å²) in [4.78, 5) is 31.3. The van der Waals surface area contributed by atoms with E-state index in [0.717, 1.165) is 12.8 Å². The first-order chi connectivity index (χ1) is 15.1. The molecular weight excluding hydrogens is 396 g/mol. The van der Waals surface area contributed by atoms with Crippen molar-refractivity contribution in [2.45, 2.75) is 32.2 Å². The smallest absolute Gasteiger partial charge is 0.295 e. The van der Waals surface area contributed by atoms with Crippen LogP contribution >= 0.6 is 0 Å². The number of amides is 1. The lowest BCUT2D eigenvalue weighted by atomic mass is 9.96. The predicted molar refractivity (Wildman–Crippen MR) is 117 cm³/mol. The Morgan fingerprint density at radius 1 is 1.13 bits per heavy atom. The van der Waals surface area contributed by atoms with Gasteiger partial charge < -0.3 is 19.5 Å². The molecule has 0 unspecified atom stereocenters. The largest absolute Gasteiger partial charge is 0.507 e. The molecule has 1 atom stereocenters. The van der Waals surface area contributed by atoms with Gasteiger partial charge in [-0.2, -0.15) is 0 Å². The van der Waals surface area contributed by atoms with Gasteiger partial charge in [0.15, 0.2) is 0 Å². The molecule has 2 aromatic rings. The Kier molecular flexibility index (Phi) is 7.78. The van der Waals surface area contributed by atoms with Crippen molar-refractivity contribution in [3.05, 3.63) is 65.5 Å². The van der Waals surface area contributed by atoms with Gasteiger partial charge in [-0.3, -0.25) is 14.6 Å². The molecule has 7 nitrogen and oxygen atoms in total. The fourth-order valence-corrected chi connectivity index (χ4v) is 3.57. The van der Waals surface area contributed by atoms with Crippen LogP contribution in [-0.4, -0.2) is 53.5 Å². The number of likely N-dealkylation sites (tertiary alicyclic amines) is 1. The summed E-state index contributed by atoms with van der Waals surface area (Å²) >= 11 is 0. The van der Waals surface area contributed by atoms with E-state index in [9.17, 15) is 14.7 Å². The summed E-state index contributed by atoms with van der Waals surface area (Å²) in [6.45, 7) is 3.50. The number of ether oxygens (including phenoxy) is 2. The Morgan fingerprint density at radius 2 is 1.90 bits per heavy atom. The van der Waals surface area contributed by atoms with Gasteiger partial charge in [0.05, 0.1) is 18.2 Å². The van der Waals surface area contributed by atoms with Gasteiger partial charge in [-0.25, -0.2) is 0 Å². The minimum absolute atomic E-state index is 0.0649. The number of pyridine rings is 1. The van der Waals surface area contributed by atoms with Gasteiger partial charge in [0, 0.05) is 38.2 Å². The molecule has 3 rings (SSSR count). The number of methoxy groups -OCH3 is 1. The summed E-state index contributed by atoms with van der Waals surface area (Å²) in [6.07, 6.45) is 5.80. The molecule has 1 saturated heterocycles. The molecule has 0 aliphatic carbocycles. The topological polar surface area (TPSA) is 89.0 Å². The number of hydrogen-bond donors (Lipinski definition) is 1. The predicted octanol–water partition coefficient (Wildman–Crippen LogP) is 3.72. The zero-order valence-corrected chi connectivity index (χ0v) is 17.9. The van der Waals surface area contributed by atoms with E-state index in [0.29, 0.717) is 43.1 Å². The number of benzene rings is 1. The number of carbonyl (C=O) groups excluding carboxylic acids is 2. The number of Topliss-reactive ketones (excluding diaryl/α,β-unsaturated/α-hetero) is 1. The number of carbonyl (C=O) groups is 2. The Labute approximate surface area is 182 Å². The van der Waals surface area contributed by atoms with Crippen molar-refractivity contribution in [3.63, 3.8) is 0 Å². The summed E-state index contributed by atoms with van der Waals surface area (Å²) in [5.74, 6) is -0.853. The van der Waals surface area contributed by atoms with E-state index in [1.54, 1.807) is 55.9 Å². The zero-order chi connectivity index (χ0) is 22.2. The summed E-state index contributed by atoms with van der Waals surface area (Å²) in [5, 5.41) is 11.0. The van der Waals surface area contributed by atoms with E-state index in [4.69, 9.17) is 9.47 Å². The van der Waals surface area contributed by atoms with E-state index in [1.165, 1.54) is 4.90 Å². The van der Waals surface area contributed by atoms with Crippen molar-refractivity contribution >= 4 is 17.4 Å². The van der Waals surface area contributed by atoms with Gasteiger partial charge in [-0.05, 0) is 48.7 Å². The molecule has 2 heterocycles. The molecule has 7 heteroatoms. The number of hydrogen-bond acceptors (Lipinski definition) is 6.